The normalized spacial score (nSPS) is 11.6. The van der Waals surface area contributed by atoms with Gasteiger partial charge in [0.15, 0.2) is 9.84 Å². The van der Waals surface area contributed by atoms with E-state index < -0.39 is 9.84 Å². The Labute approximate surface area is 112 Å². The fourth-order valence-corrected chi connectivity index (χ4v) is 4.64. The molecule has 90 valence electrons. The van der Waals surface area contributed by atoms with Crippen LogP contribution in [0.1, 0.15) is 4.88 Å². The van der Waals surface area contributed by atoms with E-state index in [9.17, 15) is 8.42 Å². The highest BCUT2D eigenvalue weighted by atomic mass is 79.9. The number of thiophene rings is 1. The number of pyridine rings is 1. The van der Waals surface area contributed by atoms with Crippen molar-refractivity contribution in [3.63, 3.8) is 0 Å². The van der Waals surface area contributed by atoms with Gasteiger partial charge in [-0.15, -0.1) is 11.3 Å². The third-order valence-corrected chi connectivity index (χ3v) is 5.71. The number of sulfone groups is 1. The Morgan fingerprint density at radius 3 is 2.82 bits per heavy atom. The van der Waals surface area contributed by atoms with Gasteiger partial charge in [0.05, 0.1) is 22.5 Å². The van der Waals surface area contributed by atoms with E-state index in [1.165, 1.54) is 29.8 Å². The maximum atomic E-state index is 12.1. The Kier molecular flexibility index (Phi) is 3.50. The van der Waals surface area contributed by atoms with Gasteiger partial charge >= 0.3 is 0 Å². The first kappa shape index (κ1) is 12.5. The molecule has 4 nitrogen and oxygen atoms in total. The number of rotatable bonds is 3. The molecule has 0 aromatic carbocycles. The molecular weight excluding hydrogens is 324 g/mol. The molecule has 2 aromatic heterocycles. The van der Waals surface area contributed by atoms with Gasteiger partial charge in [0.25, 0.3) is 0 Å². The van der Waals surface area contributed by atoms with Gasteiger partial charge in [0, 0.05) is 20.9 Å². The van der Waals surface area contributed by atoms with Crippen LogP contribution in [-0.2, 0) is 15.6 Å². The standard InChI is InChI=1S/C10H9BrN2O2S2/c11-7-3-8(16-5-7)6-17(14,15)10-1-2-13-4-9(10)12/h1-5H,6,12H2. The average molecular weight is 333 g/mol. The van der Waals surface area contributed by atoms with Gasteiger partial charge in [-0.1, -0.05) is 0 Å². The Hall–Kier alpha value is -0.920. The third-order valence-electron chi connectivity index (χ3n) is 2.10. The van der Waals surface area contributed by atoms with Crippen molar-refractivity contribution < 1.29 is 8.42 Å². The number of nitrogens with zero attached hydrogens (tertiary/aromatic N) is 1. The second kappa shape index (κ2) is 4.75. The summed E-state index contributed by atoms with van der Waals surface area (Å²) in [5.41, 5.74) is 5.80. The first-order valence-electron chi connectivity index (χ1n) is 4.64. The number of hydrogen-bond donors (Lipinski definition) is 1. The van der Waals surface area contributed by atoms with Crippen LogP contribution in [0.4, 0.5) is 5.69 Å². The average Bonchev–Trinajstić information content (AvgIpc) is 2.63. The van der Waals surface area contributed by atoms with Crippen molar-refractivity contribution in [2.75, 3.05) is 5.73 Å². The zero-order valence-electron chi connectivity index (χ0n) is 8.63. The molecule has 0 bridgehead atoms. The second-order valence-electron chi connectivity index (χ2n) is 3.40. The van der Waals surface area contributed by atoms with Crippen LogP contribution in [-0.4, -0.2) is 13.4 Å². The van der Waals surface area contributed by atoms with Crippen molar-refractivity contribution in [2.24, 2.45) is 0 Å². The Bertz CT molecular complexity index is 637. The summed E-state index contributed by atoms with van der Waals surface area (Å²) in [6.07, 6.45) is 2.77. The van der Waals surface area contributed by atoms with E-state index in [1.807, 2.05) is 5.38 Å². The van der Waals surface area contributed by atoms with Gasteiger partial charge in [-0.3, -0.25) is 4.98 Å². The molecule has 0 saturated heterocycles. The van der Waals surface area contributed by atoms with Crippen LogP contribution in [0.2, 0.25) is 0 Å². The lowest BCUT2D eigenvalue weighted by molar-refractivity contribution is 0.596. The summed E-state index contributed by atoms with van der Waals surface area (Å²) in [4.78, 5) is 4.68. The summed E-state index contributed by atoms with van der Waals surface area (Å²) in [5.74, 6) is -0.0442. The summed E-state index contributed by atoms with van der Waals surface area (Å²) in [6.45, 7) is 0. The maximum absolute atomic E-state index is 12.1. The molecule has 0 aliphatic heterocycles. The highest BCUT2D eigenvalue weighted by molar-refractivity contribution is 9.10. The monoisotopic (exact) mass is 332 g/mol. The summed E-state index contributed by atoms with van der Waals surface area (Å²) >= 11 is 4.69. The van der Waals surface area contributed by atoms with E-state index in [0.717, 1.165) is 9.35 Å². The minimum Gasteiger partial charge on any atom is -0.396 e. The van der Waals surface area contributed by atoms with Crippen LogP contribution >= 0.6 is 27.3 Å². The Morgan fingerprint density at radius 1 is 1.47 bits per heavy atom. The molecule has 0 aliphatic rings. The molecular formula is C10H9BrN2O2S2. The number of nitrogen functional groups attached to an aromatic ring is 1. The van der Waals surface area contributed by atoms with Crippen LogP contribution in [0.25, 0.3) is 0 Å². The Balaban J connectivity index is 2.35. The lowest BCUT2D eigenvalue weighted by atomic mass is 10.4. The van der Waals surface area contributed by atoms with Crippen LogP contribution in [0, 0.1) is 0 Å². The molecule has 0 atom stereocenters. The van der Waals surface area contributed by atoms with E-state index in [4.69, 9.17) is 5.73 Å². The van der Waals surface area contributed by atoms with Gasteiger partial charge in [-0.25, -0.2) is 8.42 Å². The maximum Gasteiger partial charge on any atom is 0.185 e. The smallest absolute Gasteiger partial charge is 0.185 e. The molecule has 0 fully saturated rings. The minimum atomic E-state index is -3.41. The molecule has 0 amide bonds. The van der Waals surface area contributed by atoms with E-state index >= 15 is 0 Å². The zero-order valence-corrected chi connectivity index (χ0v) is 11.8. The van der Waals surface area contributed by atoms with Crippen molar-refractivity contribution in [1.29, 1.82) is 0 Å². The number of aromatic nitrogens is 1. The van der Waals surface area contributed by atoms with Crippen molar-refractivity contribution >= 4 is 42.8 Å². The van der Waals surface area contributed by atoms with Gasteiger partial charge in [-0.2, -0.15) is 0 Å². The van der Waals surface area contributed by atoms with Gasteiger partial charge < -0.3 is 5.73 Å². The summed E-state index contributed by atoms with van der Waals surface area (Å²) in [5, 5.41) is 1.85. The minimum absolute atomic E-state index is 0.0442. The lowest BCUT2D eigenvalue weighted by Crippen LogP contribution is -2.07. The summed E-state index contributed by atoms with van der Waals surface area (Å²) in [7, 11) is -3.41. The molecule has 2 N–H and O–H groups in total. The predicted octanol–water partition coefficient (Wildman–Crippen LogP) is 2.46. The first-order valence-corrected chi connectivity index (χ1v) is 7.97. The quantitative estimate of drug-likeness (QED) is 0.936. The van der Waals surface area contributed by atoms with Crippen molar-refractivity contribution in [3.8, 4) is 0 Å². The summed E-state index contributed by atoms with van der Waals surface area (Å²) < 4.78 is 25.1. The van der Waals surface area contributed by atoms with Crippen LogP contribution in [0.5, 0.6) is 0 Å². The van der Waals surface area contributed by atoms with Crippen LogP contribution in [0.15, 0.2) is 39.3 Å². The van der Waals surface area contributed by atoms with E-state index in [-0.39, 0.29) is 16.3 Å². The predicted molar refractivity (Wildman–Crippen MR) is 71.6 cm³/mol. The first-order chi connectivity index (χ1) is 7.99. The van der Waals surface area contributed by atoms with E-state index in [0.29, 0.717) is 0 Å². The molecule has 0 saturated carbocycles. The van der Waals surface area contributed by atoms with Crippen LogP contribution in [0.3, 0.4) is 0 Å². The van der Waals surface area contributed by atoms with Crippen LogP contribution < -0.4 is 5.73 Å². The van der Waals surface area contributed by atoms with Gasteiger partial charge in [0.2, 0.25) is 0 Å². The van der Waals surface area contributed by atoms with Crippen molar-refractivity contribution in [2.45, 2.75) is 10.6 Å². The van der Waals surface area contributed by atoms with E-state index in [1.54, 1.807) is 6.07 Å². The largest absolute Gasteiger partial charge is 0.396 e. The number of nitrogens with two attached hydrogens (primary N) is 1. The van der Waals surface area contributed by atoms with Gasteiger partial charge in [0.1, 0.15) is 0 Å². The summed E-state index contributed by atoms with van der Waals surface area (Å²) in [6, 6.07) is 3.22. The molecule has 7 heteroatoms. The molecule has 0 spiro atoms. The molecule has 2 heterocycles. The topological polar surface area (TPSA) is 73.0 Å². The SMILES string of the molecule is Nc1cnccc1S(=O)(=O)Cc1cc(Br)cs1. The second-order valence-corrected chi connectivity index (χ2v) is 7.27. The van der Waals surface area contributed by atoms with Gasteiger partial charge in [-0.05, 0) is 28.1 Å². The molecule has 0 radical (unpaired) electrons. The number of anilines is 1. The van der Waals surface area contributed by atoms with E-state index in [2.05, 4.69) is 20.9 Å². The molecule has 17 heavy (non-hydrogen) atoms. The Morgan fingerprint density at radius 2 is 2.24 bits per heavy atom. The van der Waals surface area contributed by atoms with Crippen molar-refractivity contribution in [3.05, 3.63) is 39.3 Å². The fourth-order valence-electron chi connectivity index (χ4n) is 1.37. The highest BCUT2D eigenvalue weighted by Crippen LogP contribution is 2.26. The molecule has 2 aromatic rings. The zero-order chi connectivity index (χ0) is 12.5. The number of hydrogen-bond acceptors (Lipinski definition) is 5. The van der Waals surface area contributed by atoms with Crippen molar-refractivity contribution in [1.82, 2.24) is 4.98 Å². The fraction of sp³-hybridized carbons (Fsp3) is 0.100. The number of halogens is 1. The lowest BCUT2D eigenvalue weighted by Gasteiger charge is -2.05. The third kappa shape index (κ3) is 2.85. The highest BCUT2D eigenvalue weighted by Gasteiger charge is 2.19. The molecule has 0 aliphatic carbocycles. The molecule has 0 unspecified atom stereocenters. The molecule has 2 rings (SSSR count).